The Bertz CT molecular complexity index is 926. The minimum atomic E-state index is -0.105. The van der Waals surface area contributed by atoms with Crippen LogP contribution in [-0.2, 0) is 12.8 Å². The topological polar surface area (TPSA) is 74.7 Å². The Balaban J connectivity index is 0.00000225. The van der Waals surface area contributed by atoms with E-state index in [2.05, 4.69) is 52.0 Å². The molecule has 3 aromatic rings. The van der Waals surface area contributed by atoms with E-state index in [1.54, 1.807) is 0 Å². The number of para-hydroxylation sites is 1. The molecule has 1 amide bonds. The van der Waals surface area contributed by atoms with E-state index in [4.69, 9.17) is 0 Å². The fourth-order valence-corrected chi connectivity index (χ4v) is 3.90. The van der Waals surface area contributed by atoms with E-state index in [-0.39, 0.29) is 18.3 Å². The molecule has 1 aliphatic rings. The number of hydrogen-bond donors (Lipinski definition) is 3. The van der Waals surface area contributed by atoms with Crippen LogP contribution in [0.2, 0.25) is 0 Å². The van der Waals surface area contributed by atoms with E-state index in [0.29, 0.717) is 18.3 Å². The third kappa shape index (κ3) is 4.23. The number of rotatable bonds is 6. The average molecular weight is 402 g/mol. The summed E-state index contributed by atoms with van der Waals surface area (Å²) < 4.78 is 1.92. The second-order valence-corrected chi connectivity index (χ2v) is 7.19. The van der Waals surface area contributed by atoms with Crippen molar-refractivity contribution in [1.82, 2.24) is 25.4 Å². The molecule has 3 N–H and O–H groups in total. The Morgan fingerprint density at radius 1 is 1.32 bits per heavy atom. The summed E-state index contributed by atoms with van der Waals surface area (Å²) in [6, 6.07) is 8.55. The number of aromatic nitrogens is 3. The maximum absolute atomic E-state index is 12.4. The zero-order valence-electron chi connectivity index (χ0n) is 16.2. The number of benzene rings is 1. The highest BCUT2D eigenvalue weighted by atomic mass is 35.5. The van der Waals surface area contributed by atoms with E-state index in [1.807, 2.05) is 16.9 Å². The maximum atomic E-state index is 12.4. The van der Waals surface area contributed by atoms with E-state index in [0.717, 1.165) is 38.8 Å². The zero-order valence-corrected chi connectivity index (χ0v) is 17.0. The number of aryl methyl sites for hydroxylation is 1. The van der Waals surface area contributed by atoms with Gasteiger partial charge in [-0.25, -0.2) is 0 Å². The smallest absolute Gasteiger partial charge is 0.271 e. The number of halogens is 1. The fourth-order valence-electron chi connectivity index (χ4n) is 3.90. The molecular weight excluding hydrogens is 374 g/mol. The van der Waals surface area contributed by atoms with E-state index >= 15 is 0 Å². The highest BCUT2D eigenvalue weighted by Crippen LogP contribution is 2.22. The summed E-state index contributed by atoms with van der Waals surface area (Å²) in [4.78, 5) is 15.8. The molecule has 150 valence electrons. The Kier molecular flexibility index (Phi) is 6.75. The van der Waals surface area contributed by atoms with Crippen molar-refractivity contribution in [3.8, 4) is 0 Å². The molecule has 1 saturated heterocycles. The van der Waals surface area contributed by atoms with Gasteiger partial charge in [-0.3, -0.25) is 9.48 Å². The van der Waals surface area contributed by atoms with Gasteiger partial charge in [0, 0.05) is 36.4 Å². The van der Waals surface area contributed by atoms with Crippen molar-refractivity contribution in [3.05, 3.63) is 53.5 Å². The van der Waals surface area contributed by atoms with Gasteiger partial charge in [-0.2, -0.15) is 5.10 Å². The molecule has 1 unspecified atom stereocenters. The van der Waals surface area contributed by atoms with Gasteiger partial charge in [-0.05, 0) is 49.4 Å². The minimum Gasteiger partial charge on any atom is -0.361 e. The molecule has 2 aromatic heterocycles. The van der Waals surface area contributed by atoms with Crippen LogP contribution in [0, 0.1) is 0 Å². The third-order valence-corrected chi connectivity index (χ3v) is 5.43. The first kappa shape index (κ1) is 20.4. The number of amides is 1. The van der Waals surface area contributed by atoms with Crippen molar-refractivity contribution in [2.45, 2.75) is 38.6 Å². The van der Waals surface area contributed by atoms with Crippen LogP contribution in [0.3, 0.4) is 0 Å². The number of aromatic amines is 1. The van der Waals surface area contributed by atoms with Crippen molar-refractivity contribution < 1.29 is 4.79 Å². The van der Waals surface area contributed by atoms with Gasteiger partial charge in [0.25, 0.3) is 5.91 Å². The number of fused-ring (bicyclic) bond motifs is 1. The molecule has 1 atom stereocenters. The SMILES string of the molecule is CCc1cccc2c(CCNC(=O)c3ccn(C4CCCNC4)n3)c[nH]c12.Cl. The van der Waals surface area contributed by atoms with Gasteiger partial charge < -0.3 is 15.6 Å². The van der Waals surface area contributed by atoms with Crippen LogP contribution in [0.4, 0.5) is 0 Å². The molecule has 6 nitrogen and oxygen atoms in total. The summed E-state index contributed by atoms with van der Waals surface area (Å²) in [5.74, 6) is -0.105. The monoisotopic (exact) mass is 401 g/mol. The van der Waals surface area contributed by atoms with Gasteiger partial charge in [-0.15, -0.1) is 12.4 Å². The Morgan fingerprint density at radius 3 is 3.00 bits per heavy atom. The van der Waals surface area contributed by atoms with E-state index in [1.165, 1.54) is 22.0 Å². The van der Waals surface area contributed by atoms with Crippen LogP contribution >= 0.6 is 12.4 Å². The summed E-state index contributed by atoms with van der Waals surface area (Å²) in [6.07, 6.45) is 8.03. The van der Waals surface area contributed by atoms with E-state index < -0.39 is 0 Å². The van der Waals surface area contributed by atoms with Crippen molar-refractivity contribution in [2.24, 2.45) is 0 Å². The molecule has 0 bridgehead atoms. The van der Waals surface area contributed by atoms with Gasteiger partial charge in [0.05, 0.1) is 6.04 Å². The normalized spacial score (nSPS) is 16.7. The molecular formula is C21H28ClN5O. The second-order valence-electron chi connectivity index (χ2n) is 7.19. The highest BCUT2D eigenvalue weighted by molar-refractivity contribution is 5.92. The molecule has 7 heteroatoms. The molecule has 1 aliphatic heterocycles. The number of carbonyl (C=O) groups excluding carboxylic acids is 1. The number of piperidine rings is 1. The number of carbonyl (C=O) groups is 1. The average Bonchev–Trinajstić information content (AvgIpc) is 3.36. The van der Waals surface area contributed by atoms with Gasteiger partial charge in [0.1, 0.15) is 5.69 Å². The number of nitrogens with zero attached hydrogens (tertiary/aromatic N) is 2. The Labute approximate surface area is 171 Å². The molecule has 1 aromatic carbocycles. The summed E-state index contributed by atoms with van der Waals surface area (Å²) in [5.41, 5.74) is 4.26. The second kappa shape index (κ2) is 9.26. The van der Waals surface area contributed by atoms with Crippen molar-refractivity contribution in [3.63, 3.8) is 0 Å². The van der Waals surface area contributed by atoms with E-state index in [9.17, 15) is 4.79 Å². The van der Waals surface area contributed by atoms with Gasteiger partial charge >= 0.3 is 0 Å². The first-order valence-corrected chi connectivity index (χ1v) is 9.88. The summed E-state index contributed by atoms with van der Waals surface area (Å²) in [5, 5.41) is 12.1. The molecule has 1 fully saturated rings. The standard InChI is InChI=1S/C21H27N5O.ClH/c1-2-15-5-3-7-18-16(13-24-20(15)18)8-11-23-21(27)19-9-12-26(25-19)17-6-4-10-22-14-17;/h3,5,7,9,12-13,17,22,24H,2,4,6,8,10-11,14H2,1H3,(H,23,27);1H. The number of H-pyrrole nitrogens is 1. The lowest BCUT2D eigenvalue weighted by molar-refractivity contribution is 0.0948. The van der Waals surface area contributed by atoms with Crippen LogP contribution in [0.25, 0.3) is 10.9 Å². The first-order valence-electron chi connectivity index (χ1n) is 9.88. The van der Waals surface area contributed by atoms with Crippen molar-refractivity contribution in [1.29, 1.82) is 0 Å². The van der Waals surface area contributed by atoms with Crippen LogP contribution in [0.5, 0.6) is 0 Å². The molecule has 0 aliphatic carbocycles. The fraction of sp³-hybridized carbons (Fsp3) is 0.429. The van der Waals surface area contributed by atoms with Crippen LogP contribution in [0.1, 0.15) is 47.4 Å². The van der Waals surface area contributed by atoms with Crippen molar-refractivity contribution in [2.75, 3.05) is 19.6 Å². The number of hydrogen-bond acceptors (Lipinski definition) is 3. The van der Waals surface area contributed by atoms with Crippen LogP contribution in [0.15, 0.2) is 36.7 Å². The lowest BCUT2D eigenvalue weighted by atomic mass is 10.1. The molecule has 0 radical (unpaired) electrons. The molecule has 0 saturated carbocycles. The highest BCUT2D eigenvalue weighted by Gasteiger charge is 2.17. The predicted octanol–water partition coefficient (Wildman–Crippen LogP) is 3.25. The summed E-state index contributed by atoms with van der Waals surface area (Å²) in [7, 11) is 0. The third-order valence-electron chi connectivity index (χ3n) is 5.43. The molecule has 4 rings (SSSR count). The van der Waals surface area contributed by atoms with Gasteiger partial charge in [-0.1, -0.05) is 25.1 Å². The largest absolute Gasteiger partial charge is 0.361 e. The zero-order chi connectivity index (χ0) is 18.6. The van der Waals surface area contributed by atoms with Crippen molar-refractivity contribution >= 4 is 29.2 Å². The lowest BCUT2D eigenvalue weighted by Gasteiger charge is -2.22. The lowest BCUT2D eigenvalue weighted by Crippen LogP contribution is -2.32. The summed E-state index contributed by atoms with van der Waals surface area (Å²) in [6.45, 7) is 4.75. The maximum Gasteiger partial charge on any atom is 0.271 e. The molecule has 0 spiro atoms. The quantitative estimate of drug-likeness (QED) is 0.593. The van der Waals surface area contributed by atoms with Gasteiger partial charge in [0.15, 0.2) is 0 Å². The molecule has 28 heavy (non-hydrogen) atoms. The molecule has 3 heterocycles. The van der Waals surface area contributed by atoms with Crippen LogP contribution < -0.4 is 10.6 Å². The summed E-state index contributed by atoms with van der Waals surface area (Å²) >= 11 is 0. The Morgan fingerprint density at radius 2 is 2.21 bits per heavy atom. The number of nitrogens with one attached hydrogen (secondary N) is 3. The minimum absolute atomic E-state index is 0. The Hall–Kier alpha value is -2.31. The van der Waals surface area contributed by atoms with Crippen LogP contribution in [-0.4, -0.2) is 40.3 Å². The predicted molar refractivity (Wildman–Crippen MR) is 114 cm³/mol. The van der Waals surface area contributed by atoms with Gasteiger partial charge in [0.2, 0.25) is 0 Å². The first-order chi connectivity index (χ1) is 13.3.